The Bertz CT molecular complexity index is 516. The van der Waals surface area contributed by atoms with E-state index in [-0.39, 0.29) is 0 Å². The van der Waals surface area contributed by atoms with Gasteiger partial charge in [-0.25, -0.2) is 0 Å². The van der Waals surface area contributed by atoms with Gasteiger partial charge in [0, 0.05) is 29.2 Å². The fourth-order valence-electron chi connectivity index (χ4n) is 2.46. The zero-order valence-corrected chi connectivity index (χ0v) is 9.47. The molecule has 0 aliphatic carbocycles. The highest BCUT2D eigenvalue weighted by molar-refractivity contribution is 5.86. The molecule has 1 aliphatic rings. The average Bonchev–Trinajstić information content (AvgIpc) is 2.50. The summed E-state index contributed by atoms with van der Waals surface area (Å²) >= 11 is 0. The van der Waals surface area contributed by atoms with Crippen molar-refractivity contribution >= 4 is 10.9 Å². The summed E-state index contributed by atoms with van der Waals surface area (Å²) in [6.45, 7) is 2.06. The molecule has 2 N–H and O–H groups in total. The lowest BCUT2D eigenvalue weighted by molar-refractivity contribution is 0.415. The highest BCUT2D eigenvalue weighted by Crippen LogP contribution is 2.28. The van der Waals surface area contributed by atoms with Gasteiger partial charge in [-0.1, -0.05) is 0 Å². The summed E-state index contributed by atoms with van der Waals surface area (Å²) in [6, 6.07) is 6.27. The van der Waals surface area contributed by atoms with Crippen molar-refractivity contribution < 1.29 is 4.74 Å². The molecule has 0 fully saturated rings. The molecule has 2 heterocycles. The van der Waals surface area contributed by atoms with E-state index in [9.17, 15) is 0 Å². The fourth-order valence-corrected chi connectivity index (χ4v) is 2.46. The van der Waals surface area contributed by atoms with Gasteiger partial charge < -0.3 is 15.0 Å². The molecular formula is C13H16N2O. The summed E-state index contributed by atoms with van der Waals surface area (Å²) in [5.41, 5.74) is 4.00. The van der Waals surface area contributed by atoms with Crippen molar-refractivity contribution in [1.29, 1.82) is 0 Å². The van der Waals surface area contributed by atoms with Gasteiger partial charge in [-0.3, -0.25) is 0 Å². The number of benzene rings is 1. The van der Waals surface area contributed by atoms with E-state index in [1.165, 1.54) is 28.6 Å². The Morgan fingerprint density at radius 2 is 2.25 bits per heavy atom. The van der Waals surface area contributed by atoms with E-state index in [0.717, 1.165) is 25.3 Å². The molecule has 3 rings (SSSR count). The number of hydrogen-bond acceptors (Lipinski definition) is 2. The standard InChI is InChI=1S/C13H16N2O/c1-16-9-4-5-11-10-3-2-6-14-8-13(10)15-12(11)7-9/h4-5,7,14-15H,2-3,6,8H2,1H3. The molecule has 0 spiro atoms. The van der Waals surface area contributed by atoms with Crippen molar-refractivity contribution in [2.75, 3.05) is 13.7 Å². The second-order valence-corrected chi connectivity index (χ2v) is 4.27. The van der Waals surface area contributed by atoms with Gasteiger partial charge in [0.25, 0.3) is 0 Å². The monoisotopic (exact) mass is 216 g/mol. The topological polar surface area (TPSA) is 37.0 Å². The van der Waals surface area contributed by atoms with Crippen molar-refractivity contribution in [3.63, 3.8) is 0 Å². The maximum atomic E-state index is 5.24. The minimum absolute atomic E-state index is 0.914. The van der Waals surface area contributed by atoms with E-state index >= 15 is 0 Å². The Hall–Kier alpha value is -1.48. The fraction of sp³-hybridized carbons (Fsp3) is 0.385. The maximum absolute atomic E-state index is 5.24. The molecule has 84 valence electrons. The minimum Gasteiger partial charge on any atom is -0.497 e. The molecule has 0 atom stereocenters. The first-order chi connectivity index (χ1) is 7.88. The molecule has 2 aromatic rings. The summed E-state index contributed by atoms with van der Waals surface area (Å²) in [7, 11) is 1.70. The lowest BCUT2D eigenvalue weighted by Crippen LogP contribution is -2.12. The Morgan fingerprint density at radius 3 is 3.12 bits per heavy atom. The van der Waals surface area contributed by atoms with Gasteiger partial charge in [-0.05, 0) is 37.1 Å². The first-order valence-corrected chi connectivity index (χ1v) is 5.76. The molecule has 0 saturated carbocycles. The summed E-state index contributed by atoms with van der Waals surface area (Å²) in [6.07, 6.45) is 2.38. The van der Waals surface area contributed by atoms with E-state index in [0.29, 0.717) is 0 Å². The SMILES string of the molecule is COc1ccc2c3c([nH]c2c1)CNCCC3. The lowest BCUT2D eigenvalue weighted by Gasteiger charge is -2.00. The van der Waals surface area contributed by atoms with Crippen LogP contribution in [0.25, 0.3) is 10.9 Å². The number of aromatic nitrogens is 1. The molecule has 1 aromatic carbocycles. The molecule has 3 nitrogen and oxygen atoms in total. The van der Waals surface area contributed by atoms with E-state index in [2.05, 4.69) is 22.4 Å². The minimum atomic E-state index is 0.914. The molecule has 0 saturated heterocycles. The van der Waals surface area contributed by atoms with Gasteiger partial charge in [-0.15, -0.1) is 0 Å². The van der Waals surface area contributed by atoms with Crippen LogP contribution < -0.4 is 10.1 Å². The largest absolute Gasteiger partial charge is 0.497 e. The third-order valence-electron chi connectivity index (χ3n) is 3.28. The number of fused-ring (bicyclic) bond motifs is 3. The van der Waals surface area contributed by atoms with Gasteiger partial charge in [0.05, 0.1) is 7.11 Å². The molecule has 16 heavy (non-hydrogen) atoms. The van der Waals surface area contributed by atoms with Crippen LogP contribution in [0.3, 0.4) is 0 Å². The Balaban J connectivity index is 2.17. The van der Waals surface area contributed by atoms with Crippen LogP contribution in [-0.4, -0.2) is 18.6 Å². The quantitative estimate of drug-likeness (QED) is 0.767. The number of methoxy groups -OCH3 is 1. The molecule has 0 unspecified atom stereocenters. The summed E-state index contributed by atoms with van der Waals surface area (Å²) in [5, 5.41) is 4.78. The zero-order chi connectivity index (χ0) is 11.0. The lowest BCUT2D eigenvalue weighted by atomic mass is 10.1. The summed E-state index contributed by atoms with van der Waals surface area (Å²) in [4.78, 5) is 3.49. The molecule has 3 heteroatoms. The third-order valence-corrected chi connectivity index (χ3v) is 3.28. The Kier molecular flexibility index (Phi) is 2.33. The highest BCUT2D eigenvalue weighted by atomic mass is 16.5. The summed E-state index contributed by atoms with van der Waals surface area (Å²) in [5.74, 6) is 0.914. The van der Waals surface area contributed by atoms with Crippen LogP contribution in [0.5, 0.6) is 5.75 Å². The van der Waals surface area contributed by atoms with E-state index < -0.39 is 0 Å². The third kappa shape index (κ3) is 1.48. The van der Waals surface area contributed by atoms with Crippen molar-refractivity contribution in [1.82, 2.24) is 10.3 Å². The van der Waals surface area contributed by atoms with Crippen molar-refractivity contribution in [2.24, 2.45) is 0 Å². The van der Waals surface area contributed by atoms with Gasteiger partial charge >= 0.3 is 0 Å². The molecular weight excluding hydrogens is 200 g/mol. The number of H-pyrrole nitrogens is 1. The smallest absolute Gasteiger partial charge is 0.120 e. The predicted molar refractivity (Wildman–Crippen MR) is 64.9 cm³/mol. The molecule has 0 bridgehead atoms. The van der Waals surface area contributed by atoms with Crippen LogP contribution in [0.2, 0.25) is 0 Å². The maximum Gasteiger partial charge on any atom is 0.120 e. The van der Waals surface area contributed by atoms with Gasteiger partial charge in [0.1, 0.15) is 5.75 Å². The van der Waals surface area contributed by atoms with Crippen molar-refractivity contribution in [2.45, 2.75) is 19.4 Å². The Labute approximate surface area is 94.8 Å². The second kappa shape index (κ2) is 3.83. The molecule has 1 aliphatic heterocycles. The predicted octanol–water partition coefficient (Wildman–Crippen LogP) is 2.21. The number of aromatic amines is 1. The number of nitrogens with one attached hydrogen (secondary N) is 2. The number of rotatable bonds is 1. The van der Waals surface area contributed by atoms with Gasteiger partial charge in [0.15, 0.2) is 0 Å². The second-order valence-electron chi connectivity index (χ2n) is 4.27. The van der Waals surface area contributed by atoms with E-state index in [4.69, 9.17) is 4.74 Å². The zero-order valence-electron chi connectivity index (χ0n) is 9.47. The first-order valence-electron chi connectivity index (χ1n) is 5.76. The average molecular weight is 216 g/mol. The van der Waals surface area contributed by atoms with Crippen molar-refractivity contribution in [3.8, 4) is 5.75 Å². The van der Waals surface area contributed by atoms with Crippen LogP contribution in [0.1, 0.15) is 17.7 Å². The van der Waals surface area contributed by atoms with Crippen LogP contribution in [0.4, 0.5) is 0 Å². The highest BCUT2D eigenvalue weighted by Gasteiger charge is 2.13. The number of hydrogen-bond donors (Lipinski definition) is 2. The Morgan fingerprint density at radius 1 is 1.31 bits per heavy atom. The van der Waals surface area contributed by atoms with Gasteiger partial charge in [-0.2, -0.15) is 0 Å². The van der Waals surface area contributed by atoms with Gasteiger partial charge in [0.2, 0.25) is 0 Å². The van der Waals surface area contributed by atoms with Crippen LogP contribution in [0.15, 0.2) is 18.2 Å². The summed E-state index contributed by atoms with van der Waals surface area (Å²) < 4.78 is 5.24. The van der Waals surface area contributed by atoms with Crippen molar-refractivity contribution in [3.05, 3.63) is 29.5 Å². The molecule has 1 aromatic heterocycles. The molecule has 0 amide bonds. The number of aryl methyl sites for hydroxylation is 1. The van der Waals surface area contributed by atoms with E-state index in [1.54, 1.807) is 7.11 Å². The van der Waals surface area contributed by atoms with Crippen LogP contribution >= 0.6 is 0 Å². The first kappa shape index (κ1) is 9.73. The normalized spacial score (nSPS) is 15.8. The van der Waals surface area contributed by atoms with E-state index in [1.807, 2.05) is 6.07 Å². The molecule has 0 radical (unpaired) electrons. The number of ether oxygens (including phenoxy) is 1. The van der Waals surface area contributed by atoms with Crippen LogP contribution in [-0.2, 0) is 13.0 Å². The van der Waals surface area contributed by atoms with Crippen LogP contribution in [0, 0.1) is 0 Å².